The van der Waals surface area contributed by atoms with Gasteiger partial charge in [0.25, 0.3) is 5.91 Å². The largest absolute Gasteiger partial charge is 0.465 e. The number of carbonyl (C=O) groups is 2. The van der Waals surface area contributed by atoms with Crippen LogP contribution in [0.1, 0.15) is 26.3 Å². The molecule has 1 N–H and O–H groups in total. The molecule has 1 amide bonds. The van der Waals surface area contributed by atoms with Crippen molar-refractivity contribution in [3.8, 4) is 11.1 Å². The monoisotopic (exact) mass is 434 g/mol. The van der Waals surface area contributed by atoms with E-state index < -0.39 is 23.6 Å². The van der Waals surface area contributed by atoms with E-state index in [-0.39, 0.29) is 27.5 Å². The van der Waals surface area contributed by atoms with Crippen LogP contribution in [0.15, 0.2) is 60.8 Å². The molecule has 0 aliphatic rings. The molecule has 1 aromatic heterocycles. The van der Waals surface area contributed by atoms with Crippen molar-refractivity contribution in [2.45, 2.75) is 6.18 Å². The third-order valence-corrected chi connectivity index (χ3v) is 4.50. The maximum atomic E-state index is 13.0. The zero-order chi connectivity index (χ0) is 21.9. The minimum Gasteiger partial charge on any atom is -0.465 e. The Morgan fingerprint density at radius 2 is 1.73 bits per heavy atom. The number of hydrogen-bond donors (Lipinski definition) is 1. The van der Waals surface area contributed by atoms with Crippen LogP contribution in [0.2, 0.25) is 5.15 Å². The number of alkyl halides is 3. The van der Waals surface area contributed by atoms with Crippen LogP contribution in [0.5, 0.6) is 0 Å². The fourth-order valence-electron chi connectivity index (χ4n) is 2.73. The first kappa shape index (κ1) is 21.3. The van der Waals surface area contributed by atoms with Crippen molar-refractivity contribution in [2.24, 2.45) is 0 Å². The minimum atomic E-state index is -4.50. The van der Waals surface area contributed by atoms with Gasteiger partial charge in [-0.3, -0.25) is 4.79 Å². The predicted molar refractivity (Wildman–Crippen MR) is 105 cm³/mol. The summed E-state index contributed by atoms with van der Waals surface area (Å²) < 4.78 is 43.8. The number of amides is 1. The molecule has 1 heterocycles. The fourth-order valence-corrected chi connectivity index (χ4v) is 2.94. The van der Waals surface area contributed by atoms with Gasteiger partial charge in [0.15, 0.2) is 0 Å². The van der Waals surface area contributed by atoms with Crippen molar-refractivity contribution in [1.29, 1.82) is 0 Å². The van der Waals surface area contributed by atoms with E-state index in [4.69, 9.17) is 16.3 Å². The van der Waals surface area contributed by atoms with E-state index in [0.717, 1.165) is 19.2 Å². The third-order valence-electron chi connectivity index (χ3n) is 4.20. The van der Waals surface area contributed by atoms with Gasteiger partial charge in [-0.15, -0.1) is 0 Å². The van der Waals surface area contributed by atoms with Gasteiger partial charge in [0.1, 0.15) is 5.15 Å². The number of nitrogens with one attached hydrogen (secondary N) is 1. The Labute approximate surface area is 174 Å². The molecule has 0 unspecified atom stereocenters. The SMILES string of the molecule is COC(=O)c1cc(-c2cccc(C(F)(F)F)c2)ccc1NC(=O)c1cccnc1Cl. The van der Waals surface area contributed by atoms with Crippen molar-refractivity contribution in [3.05, 3.63) is 82.6 Å². The third kappa shape index (κ3) is 4.60. The van der Waals surface area contributed by atoms with E-state index in [2.05, 4.69) is 10.3 Å². The minimum absolute atomic E-state index is 0.0183. The molecule has 0 fully saturated rings. The summed E-state index contributed by atoms with van der Waals surface area (Å²) in [4.78, 5) is 28.6. The molecule has 9 heteroatoms. The number of nitrogens with zero attached hydrogens (tertiary/aromatic N) is 1. The van der Waals surface area contributed by atoms with Gasteiger partial charge in [-0.1, -0.05) is 29.8 Å². The van der Waals surface area contributed by atoms with Crippen molar-refractivity contribution < 1.29 is 27.5 Å². The first-order valence-corrected chi connectivity index (χ1v) is 8.90. The van der Waals surface area contributed by atoms with E-state index in [1.165, 1.54) is 48.7 Å². The standard InChI is InChI=1S/C21H14ClF3N2O3/c1-30-20(29)16-11-13(12-4-2-5-14(10-12)21(23,24)25)7-8-17(16)27-19(28)15-6-3-9-26-18(15)22/h2-11H,1H3,(H,27,28). The summed E-state index contributed by atoms with van der Waals surface area (Å²) in [5.41, 5.74) is -0.0366. The number of aromatic nitrogens is 1. The van der Waals surface area contributed by atoms with Crippen molar-refractivity contribution in [3.63, 3.8) is 0 Å². The predicted octanol–water partition coefficient (Wildman–Crippen LogP) is 5.46. The van der Waals surface area contributed by atoms with Gasteiger partial charge in [0.2, 0.25) is 0 Å². The summed E-state index contributed by atoms with van der Waals surface area (Å²) in [6, 6.07) is 11.9. The van der Waals surface area contributed by atoms with E-state index in [0.29, 0.717) is 5.56 Å². The van der Waals surface area contributed by atoms with Crippen LogP contribution in [0.3, 0.4) is 0 Å². The molecule has 0 aliphatic carbocycles. The topological polar surface area (TPSA) is 68.3 Å². The normalized spacial score (nSPS) is 11.1. The summed E-state index contributed by atoms with van der Waals surface area (Å²) in [6.45, 7) is 0. The quantitative estimate of drug-likeness (QED) is 0.437. The highest BCUT2D eigenvalue weighted by Crippen LogP contribution is 2.33. The zero-order valence-corrected chi connectivity index (χ0v) is 16.2. The molecule has 0 saturated carbocycles. The average molecular weight is 435 g/mol. The van der Waals surface area contributed by atoms with Gasteiger partial charge in [0.05, 0.1) is 29.5 Å². The number of halogens is 4. The number of esters is 1. The number of benzene rings is 2. The summed E-state index contributed by atoms with van der Waals surface area (Å²) in [7, 11) is 1.16. The second-order valence-electron chi connectivity index (χ2n) is 6.13. The second-order valence-corrected chi connectivity index (χ2v) is 6.48. The molecule has 154 valence electrons. The Morgan fingerprint density at radius 1 is 1.00 bits per heavy atom. The maximum absolute atomic E-state index is 13.0. The Morgan fingerprint density at radius 3 is 2.40 bits per heavy atom. The van der Waals surface area contributed by atoms with Crippen LogP contribution < -0.4 is 5.32 Å². The number of anilines is 1. The molecular formula is C21H14ClF3N2O3. The number of ether oxygens (including phenoxy) is 1. The van der Waals surface area contributed by atoms with Gasteiger partial charge >= 0.3 is 12.1 Å². The zero-order valence-electron chi connectivity index (χ0n) is 15.5. The lowest BCUT2D eigenvalue weighted by atomic mass is 9.99. The molecule has 2 aromatic carbocycles. The number of rotatable bonds is 4. The maximum Gasteiger partial charge on any atom is 0.416 e. The summed E-state index contributed by atoms with van der Waals surface area (Å²) in [5, 5.41) is 2.53. The fraction of sp³-hybridized carbons (Fsp3) is 0.0952. The lowest BCUT2D eigenvalue weighted by molar-refractivity contribution is -0.137. The molecule has 0 aliphatic heterocycles. The van der Waals surface area contributed by atoms with E-state index in [9.17, 15) is 22.8 Å². The van der Waals surface area contributed by atoms with Crippen LogP contribution in [-0.4, -0.2) is 24.0 Å². The number of methoxy groups -OCH3 is 1. The second kappa shape index (κ2) is 8.54. The lowest BCUT2D eigenvalue weighted by Crippen LogP contribution is -2.16. The molecule has 3 aromatic rings. The summed E-state index contributed by atoms with van der Waals surface area (Å²) >= 11 is 5.92. The van der Waals surface area contributed by atoms with Crippen LogP contribution in [0, 0.1) is 0 Å². The molecule has 3 rings (SSSR count). The van der Waals surface area contributed by atoms with E-state index >= 15 is 0 Å². The molecule has 5 nitrogen and oxygen atoms in total. The van der Waals surface area contributed by atoms with Crippen LogP contribution >= 0.6 is 11.6 Å². The molecule has 0 atom stereocenters. The van der Waals surface area contributed by atoms with Crippen molar-refractivity contribution >= 4 is 29.2 Å². The highest BCUT2D eigenvalue weighted by atomic mass is 35.5. The average Bonchev–Trinajstić information content (AvgIpc) is 2.73. The molecule has 0 saturated heterocycles. The van der Waals surface area contributed by atoms with Gasteiger partial charge < -0.3 is 10.1 Å². The first-order valence-electron chi connectivity index (χ1n) is 8.52. The molecule has 0 radical (unpaired) electrons. The molecule has 0 spiro atoms. The Kier molecular flexibility index (Phi) is 6.07. The number of pyridine rings is 1. The molecular weight excluding hydrogens is 421 g/mol. The molecule has 30 heavy (non-hydrogen) atoms. The van der Waals surface area contributed by atoms with Gasteiger partial charge in [-0.2, -0.15) is 13.2 Å². The van der Waals surface area contributed by atoms with Gasteiger partial charge in [-0.25, -0.2) is 9.78 Å². The van der Waals surface area contributed by atoms with Crippen LogP contribution in [0.25, 0.3) is 11.1 Å². The highest BCUT2D eigenvalue weighted by molar-refractivity contribution is 6.33. The van der Waals surface area contributed by atoms with Crippen LogP contribution in [-0.2, 0) is 10.9 Å². The van der Waals surface area contributed by atoms with Crippen molar-refractivity contribution in [1.82, 2.24) is 4.98 Å². The van der Waals surface area contributed by atoms with Gasteiger partial charge in [0, 0.05) is 6.20 Å². The van der Waals surface area contributed by atoms with Crippen LogP contribution in [0.4, 0.5) is 18.9 Å². The smallest absolute Gasteiger partial charge is 0.416 e. The van der Waals surface area contributed by atoms with E-state index in [1.807, 2.05) is 0 Å². The Hall–Kier alpha value is -3.39. The Balaban J connectivity index is 2.00. The Bertz CT molecular complexity index is 1120. The lowest BCUT2D eigenvalue weighted by Gasteiger charge is -2.13. The summed E-state index contributed by atoms with van der Waals surface area (Å²) in [5.74, 6) is -1.37. The molecule has 0 bridgehead atoms. The number of hydrogen-bond acceptors (Lipinski definition) is 4. The van der Waals surface area contributed by atoms with Gasteiger partial charge in [-0.05, 0) is 47.5 Å². The number of carbonyl (C=O) groups excluding carboxylic acids is 2. The van der Waals surface area contributed by atoms with Crippen molar-refractivity contribution in [2.75, 3.05) is 12.4 Å². The first-order chi connectivity index (χ1) is 14.2. The highest BCUT2D eigenvalue weighted by Gasteiger charge is 2.30. The van der Waals surface area contributed by atoms with E-state index in [1.54, 1.807) is 0 Å². The summed E-state index contributed by atoms with van der Waals surface area (Å²) in [6.07, 6.45) is -3.08.